The molecule has 4 heteroatoms. The predicted molar refractivity (Wildman–Crippen MR) is 66.2 cm³/mol. The topological polar surface area (TPSA) is 55.6 Å². The third kappa shape index (κ3) is 3.76. The first kappa shape index (κ1) is 15.4. The molecule has 0 aliphatic carbocycles. The van der Waals surface area contributed by atoms with Crippen LogP contribution in [0, 0.1) is 5.41 Å². The van der Waals surface area contributed by atoms with Gasteiger partial charge in [0.05, 0.1) is 12.0 Å². The molecular weight excluding hydrogens is 204 g/mol. The summed E-state index contributed by atoms with van der Waals surface area (Å²) in [5.41, 5.74) is 4.91. The predicted octanol–water partition coefficient (Wildman–Crippen LogP) is 1.24. The van der Waals surface area contributed by atoms with Gasteiger partial charge in [-0.1, -0.05) is 0 Å². The van der Waals surface area contributed by atoms with Crippen LogP contribution in [0.2, 0.25) is 0 Å². The normalized spacial score (nSPS) is 12.7. The molecule has 0 aliphatic rings. The van der Waals surface area contributed by atoms with Crippen LogP contribution < -0.4 is 5.73 Å². The fraction of sp³-hybridized carbons (Fsp3) is 0.917. The first-order chi connectivity index (χ1) is 7.14. The van der Waals surface area contributed by atoms with Crippen LogP contribution in [0.15, 0.2) is 0 Å². The van der Waals surface area contributed by atoms with Gasteiger partial charge in [-0.25, -0.2) is 0 Å². The Morgan fingerprint density at radius 3 is 2.19 bits per heavy atom. The van der Waals surface area contributed by atoms with Crippen molar-refractivity contribution in [3.05, 3.63) is 0 Å². The highest BCUT2D eigenvalue weighted by molar-refractivity contribution is 5.83. The second kappa shape index (κ2) is 5.64. The minimum atomic E-state index is -0.575. The summed E-state index contributed by atoms with van der Waals surface area (Å²) in [6.45, 7) is 11.3. The number of ether oxygens (including phenoxy) is 1. The summed E-state index contributed by atoms with van der Waals surface area (Å²) in [6.07, 6.45) is 0. The Morgan fingerprint density at radius 2 is 1.81 bits per heavy atom. The summed E-state index contributed by atoms with van der Waals surface area (Å²) >= 11 is 0. The number of hydrogen-bond acceptors (Lipinski definition) is 3. The fourth-order valence-electron chi connectivity index (χ4n) is 1.20. The van der Waals surface area contributed by atoms with Crippen molar-refractivity contribution < 1.29 is 9.53 Å². The number of hydrogen-bond donors (Lipinski definition) is 1. The van der Waals surface area contributed by atoms with Gasteiger partial charge < -0.3 is 15.4 Å². The first-order valence-corrected chi connectivity index (χ1v) is 5.76. The van der Waals surface area contributed by atoms with Gasteiger partial charge in [0.2, 0.25) is 5.91 Å². The molecule has 0 rings (SSSR count). The molecule has 0 aromatic carbocycles. The molecule has 0 heterocycles. The molecule has 0 fully saturated rings. The molecule has 0 spiro atoms. The molecule has 96 valence electrons. The summed E-state index contributed by atoms with van der Waals surface area (Å²) in [4.78, 5) is 13.9. The van der Waals surface area contributed by atoms with E-state index in [1.807, 2.05) is 34.6 Å². The fourth-order valence-corrected chi connectivity index (χ4v) is 1.20. The van der Waals surface area contributed by atoms with Crippen molar-refractivity contribution >= 4 is 5.91 Å². The Hall–Kier alpha value is -0.610. The minimum absolute atomic E-state index is 0.0553. The number of carbonyl (C=O) groups is 1. The van der Waals surface area contributed by atoms with Gasteiger partial charge in [-0.05, 0) is 34.6 Å². The zero-order valence-electron chi connectivity index (χ0n) is 11.5. The second-order valence-electron chi connectivity index (χ2n) is 5.27. The van der Waals surface area contributed by atoms with E-state index in [9.17, 15) is 4.79 Å². The smallest absolute Gasteiger partial charge is 0.229 e. The van der Waals surface area contributed by atoms with E-state index < -0.39 is 11.0 Å². The van der Waals surface area contributed by atoms with Gasteiger partial charge in [-0.15, -0.1) is 0 Å². The Morgan fingerprint density at radius 1 is 1.31 bits per heavy atom. The average Bonchev–Trinajstić information content (AvgIpc) is 2.15. The van der Waals surface area contributed by atoms with Crippen LogP contribution in [0.4, 0.5) is 0 Å². The number of rotatable bonds is 6. The monoisotopic (exact) mass is 230 g/mol. The molecular formula is C12H26N2O2. The lowest BCUT2D eigenvalue weighted by atomic mass is 9.74. The summed E-state index contributed by atoms with van der Waals surface area (Å²) in [5.74, 6) is 0.0553. The van der Waals surface area contributed by atoms with Crippen molar-refractivity contribution in [2.45, 2.75) is 40.2 Å². The van der Waals surface area contributed by atoms with Gasteiger partial charge in [0.25, 0.3) is 0 Å². The van der Waals surface area contributed by atoms with E-state index in [2.05, 4.69) is 0 Å². The summed E-state index contributed by atoms with van der Waals surface area (Å²) in [7, 11) is 1.79. The lowest BCUT2D eigenvalue weighted by Crippen LogP contribution is -2.56. The number of carbonyl (C=O) groups excluding carboxylic acids is 1. The molecule has 2 N–H and O–H groups in total. The number of nitrogens with two attached hydrogens (primary N) is 1. The van der Waals surface area contributed by atoms with Crippen LogP contribution in [-0.2, 0) is 9.53 Å². The van der Waals surface area contributed by atoms with Crippen LogP contribution in [0.1, 0.15) is 34.6 Å². The van der Waals surface area contributed by atoms with Crippen LogP contribution in [0.25, 0.3) is 0 Å². The molecule has 0 aliphatic heterocycles. The van der Waals surface area contributed by atoms with Gasteiger partial charge in [-0.2, -0.15) is 0 Å². The van der Waals surface area contributed by atoms with Crippen molar-refractivity contribution in [1.82, 2.24) is 4.90 Å². The quantitative estimate of drug-likeness (QED) is 0.699. The first-order valence-electron chi connectivity index (χ1n) is 5.76. The number of nitrogens with zero attached hydrogens (tertiary/aromatic N) is 1. The van der Waals surface area contributed by atoms with Gasteiger partial charge in [0.1, 0.15) is 0 Å². The molecule has 16 heavy (non-hydrogen) atoms. The second-order valence-corrected chi connectivity index (χ2v) is 5.27. The maximum atomic E-state index is 12.2. The van der Waals surface area contributed by atoms with Gasteiger partial charge in [0.15, 0.2) is 0 Å². The third-order valence-corrected chi connectivity index (χ3v) is 3.27. The van der Waals surface area contributed by atoms with Crippen molar-refractivity contribution in [3.63, 3.8) is 0 Å². The van der Waals surface area contributed by atoms with Gasteiger partial charge in [0, 0.05) is 25.7 Å². The molecule has 0 saturated carbocycles. The van der Waals surface area contributed by atoms with Crippen LogP contribution >= 0.6 is 0 Å². The Kier molecular flexibility index (Phi) is 5.42. The number of likely N-dealkylation sites (N-methyl/N-ethyl adjacent to an activating group) is 1. The molecule has 0 aromatic heterocycles. The van der Waals surface area contributed by atoms with Crippen molar-refractivity contribution in [2.24, 2.45) is 11.1 Å². The zero-order chi connectivity index (χ0) is 13.0. The Bertz CT molecular complexity index is 232. The number of amides is 1. The molecule has 0 aromatic rings. The van der Waals surface area contributed by atoms with E-state index in [0.717, 1.165) is 0 Å². The maximum absolute atomic E-state index is 12.2. The summed E-state index contributed by atoms with van der Waals surface area (Å²) in [6, 6.07) is 0. The molecule has 0 radical (unpaired) electrons. The lowest BCUT2D eigenvalue weighted by molar-refractivity contribution is -0.142. The summed E-state index contributed by atoms with van der Waals surface area (Å²) < 4.78 is 5.23. The standard InChI is InChI=1S/C12H26N2O2/c1-7-16-9-8-14(6)10(15)11(2,3)12(4,5)13/h7-9,13H2,1-6H3. The van der Waals surface area contributed by atoms with E-state index in [0.29, 0.717) is 19.8 Å². The highest BCUT2D eigenvalue weighted by Gasteiger charge is 2.41. The van der Waals surface area contributed by atoms with E-state index in [4.69, 9.17) is 10.5 Å². The average molecular weight is 230 g/mol. The van der Waals surface area contributed by atoms with Crippen LogP contribution in [-0.4, -0.2) is 43.2 Å². The van der Waals surface area contributed by atoms with E-state index in [-0.39, 0.29) is 5.91 Å². The largest absolute Gasteiger partial charge is 0.380 e. The molecule has 1 amide bonds. The van der Waals surface area contributed by atoms with Gasteiger partial charge >= 0.3 is 0 Å². The Balaban J connectivity index is 4.43. The highest BCUT2D eigenvalue weighted by atomic mass is 16.5. The van der Waals surface area contributed by atoms with Crippen LogP contribution in [0.5, 0.6) is 0 Å². The van der Waals surface area contributed by atoms with Crippen LogP contribution in [0.3, 0.4) is 0 Å². The Labute approximate surface area is 99.1 Å². The molecule has 0 bridgehead atoms. The van der Waals surface area contributed by atoms with Crippen molar-refractivity contribution in [2.75, 3.05) is 26.8 Å². The summed E-state index contributed by atoms with van der Waals surface area (Å²) in [5, 5.41) is 0. The maximum Gasteiger partial charge on any atom is 0.229 e. The van der Waals surface area contributed by atoms with Crippen molar-refractivity contribution in [3.8, 4) is 0 Å². The molecule has 4 nitrogen and oxygen atoms in total. The molecule has 0 saturated heterocycles. The SMILES string of the molecule is CCOCCN(C)C(=O)C(C)(C)C(C)(C)N. The van der Waals surface area contributed by atoms with Gasteiger partial charge in [-0.3, -0.25) is 4.79 Å². The van der Waals surface area contributed by atoms with E-state index in [1.165, 1.54) is 0 Å². The minimum Gasteiger partial charge on any atom is -0.380 e. The highest BCUT2D eigenvalue weighted by Crippen LogP contribution is 2.30. The van der Waals surface area contributed by atoms with E-state index >= 15 is 0 Å². The van der Waals surface area contributed by atoms with E-state index in [1.54, 1.807) is 11.9 Å². The third-order valence-electron chi connectivity index (χ3n) is 3.27. The van der Waals surface area contributed by atoms with Crippen molar-refractivity contribution in [1.29, 1.82) is 0 Å². The molecule has 0 atom stereocenters. The molecule has 0 unspecified atom stereocenters. The lowest BCUT2D eigenvalue weighted by Gasteiger charge is -2.39. The zero-order valence-corrected chi connectivity index (χ0v) is 11.5.